The predicted octanol–water partition coefficient (Wildman–Crippen LogP) is 4.70. The van der Waals surface area contributed by atoms with Crippen LogP contribution in [0.4, 0.5) is 4.79 Å². The summed E-state index contributed by atoms with van der Waals surface area (Å²) in [4.78, 5) is 19.0. The Morgan fingerprint density at radius 2 is 2.04 bits per heavy atom. The number of hydrogen-bond donors (Lipinski definition) is 0. The lowest BCUT2D eigenvalue weighted by Crippen LogP contribution is -2.41. The van der Waals surface area contributed by atoms with Crippen LogP contribution in [-0.4, -0.2) is 28.1 Å². The molecule has 1 aliphatic heterocycles. The maximum Gasteiger partial charge on any atom is 0.410 e. The fraction of sp³-hybridized carbons (Fsp3) is 0.474. The second-order valence-electron chi connectivity index (χ2n) is 7.15. The van der Waals surface area contributed by atoms with Crippen molar-refractivity contribution in [3.05, 3.63) is 42.1 Å². The number of ether oxygens (including phenoxy) is 1. The van der Waals surface area contributed by atoms with Crippen LogP contribution in [0.25, 0.3) is 10.9 Å². The molecule has 122 valence electrons. The normalized spacial score (nSPS) is 18.9. The maximum absolute atomic E-state index is 12.5. The SMILES string of the molecule is CC(C)(C)OC(=O)N1CCCC[C@@H]1c1cnc2ccccc2c1. The molecule has 1 saturated heterocycles. The van der Waals surface area contributed by atoms with Gasteiger partial charge in [-0.1, -0.05) is 18.2 Å². The quantitative estimate of drug-likeness (QED) is 0.766. The molecule has 1 aliphatic rings. The molecule has 4 nitrogen and oxygen atoms in total. The minimum absolute atomic E-state index is 0.0516. The van der Waals surface area contributed by atoms with Crippen molar-refractivity contribution in [3.8, 4) is 0 Å². The van der Waals surface area contributed by atoms with Crippen LogP contribution in [0, 0.1) is 0 Å². The van der Waals surface area contributed by atoms with E-state index in [0.717, 1.165) is 42.3 Å². The van der Waals surface area contributed by atoms with E-state index < -0.39 is 5.60 Å². The molecule has 0 saturated carbocycles. The van der Waals surface area contributed by atoms with Crippen molar-refractivity contribution >= 4 is 17.0 Å². The van der Waals surface area contributed by atoms with E-state index in [1.54, 1.807) is 0 Å². The number of benzene rings is 1. The molecule has 3 rings (SSSR count). The zero-order valence-corrected chi connectivity index (χ0v) is 14.1. The zero-order chi connectivity index (χ0) is 16.4. The molecule has 1 aromatic heterocycles. The van der Waals surface area contributed by atoms with Crippen molar-refractivity contribution in [3.63, 3.8) is 0 Å². The van der Waals surface area contributed by atoms with Crippen molar-refractivity contribution in [2.24, 2.45) is 0 Å². The van der Waals surface area contributed by atoms with Crippen LogP contribution in [0.5, 0.6) is 0 Å². The number of hydrogen-bond acceptors (Lipinski definition) is 3. The maximum atomic E-state index is 12.5. The number of piperidine rings is 1. The van der Waals surface area contributed by atoms with Gasteiger partial charge in [-0.15, -0.1) is 0 Å². The van der Waals surface area contributed by atoms with E-state index in [4.69, 9.17) is 4.74 Å². The number of nitrogens with zero attached hydrogens (tertiary/aromatic N) is 2. The highest BCUT2D eigenvalue weighted by atomic mass is 16.6. The number of carbonyl (C=O) groups is 1. The first kappa shape index (κ1) is 15.8. The summed E-state index contributed by atoms with van der Waals surface area (Å²) in [6.07, 6.45) is 4.78. The number of rotatable bonds is 1. The summed E-state index contributed by atoms with van der Waals surface area (Å²) >= 11 is 0. The fourth-order valence-electron chi connectivity index (χ4n) is 3.09. The first-order chi connectivity index (χ1) is 10.9. The van der Waals surface area contributed by atoms with E-state index in [-0.39, 0.29) is 12.1 Å². The Kier molecular flexibility index (Phi) is 4.24. The van der Waals surface area contributed by atoms with Crippen molar-refractivity contribution in [2.75, 3.05) is 6.54 Å². The lowest BCUT2D eigenvalue weighted by Gasteiger charge is -2.37. The number of pyridine rings is 1. The topological polar surface area (TPSA) is 42.4 Å². The van der Waals surface area contributed by atoms with Crippen LogP contribution in [-0.2, 0) is 4.74 Å². The van der Waals surface area contributed by atoms with Crippen LogP contribution in [0.15, 0.2) is 36.5 Å². The molecule has 0 spiro atoms. The molecule has 2 heterocycles. The highest BCUT2D eigenvalue weighted by Gasteiger charge is 2.31. The molecule has 1 fully saturated rings. The molecule has 0 N–H and O–H groups in total. The molecule has 1 amide bonds. The van der Waals surface area contributed by atoms with Gasteiger partial charge in [0, 0.05) is 18.1 Å². The van der Waals surface area contributed by atoms with Crippen LogP contribution in [0.3, 0.4) is 0 Å². The van der Waals surface area contributed by atoms with E-state index in [0.29, 0.717) is 0 Å². The second kappa shape index (κ2) is 6.19. The van der Waals surface area contributed by atoms with Gasteiger partial charge in [-0.2, -0.15) is 0 Å². The predicted molar refractivity (Wildman–Crippen MR) is 91.3 cm³/mol. The monoisotopic (exact) mass is 312 g/mol. The molecule has 2 aromatic rings. The first-order valence-electron chi connectivity index (χ1n) is 8.28. The summed E-state index contributed by atoms with van der Waals surface area (Å²) < 4.78 is 5.58. The van der Waals surface area contributed by atoms with Gasteiger partial charge in [-0.3, -0.25) is 4.98 Å². The molecule has 0 radical (unpaired) electrons. The number of aromatic nitrogens is 1. The number of fused-ring (bicyclic) bond motifs is 1. The summed E-state index contributed by atoms with van der Waals surface area (Å²) in [5.74, 6) is 0. The third kappa shape index (κ3) is 3.63. The summed E-state index contributed by atoms with van der Waals surface area (Å²) in [7, 11) is 0. The highest BCUT2D eigenvalue weighted by Crippen LogP contribution is 2.33. The van der Waals surface area contributed by atoms with E-state index in [2.05, 4.69) is 17.1 Å². The number of likely N-dealkylation sites (tertiary alicyclic amines) is 1. The van der Waals surface area contributed by atoms with Gasteiger partial charge in [0.05, 0.1) is 11.6 Å². The molecule has 4 heteroatoms. The van der Waals surface area contributed by atoms with Crippen LogP contribution >= 0.6 is 0 Å². The van der Waals surface area contributed by atoms with Gasteiger partial charge in [-0.25, -0.2) is 4.79 Å². The average molecular weight is 312 g/mol. The smallest absolute Gasteiger partial charge is 0.410 e. The summed E-state index contributed by atoms with van der Waals surface area (Å²) in [6.45, 7) is 6.46. The van der Waals surface area contributed by atoms with Crippen molar-refractivity contribution in [1.82, 2.24) is 9.88 Å². The number of para-hydroxylation sites is 1. The lowest BCUT2D eigenvalue weighted by molar-refractivity contribution is 0.00950. The number of carbonyl (C=O) groups excluding carboxylic acids is 1. The Hall–Kier alpha value is -2.10. The third-order valence-electron chi connectivity index (χ3n) is 4.13. The molecule has 1 atom stereocenters. The minimum atomic E-state index is -0.472. The fourth-order valence-corrected chi connectivity index (χ4v) is 3.09. The van der Waals surface area contributed by atoms with E-state index in [9.17, 15) is 4.79 Å². The van der Waals surface area contributed by atoms with Crippen molar-refractivity contribution < 1.29 is 9.53 Å². The van der Waals surface area contributed by atoms with Crippen molar-refractivity contribution in [1.29, 1.82) is 0 Å². The molecular weight excluding hydrogens is 288 g/mol. The van der Waals surface area contributed by atoms with Gasteiger partial charge < -0.3 is 9.64 Å². The second-order valence-corrected chi connectivity index (χ2v) is 7.15. The molecule has 0 unspecified atom stereocenters. The van der Waals surface area contributed by atoms with Gasteiger partial charge in [0.1, 0.15) is 5.60 Å². The van der Waals surface area contributed by atoms with Gasteiger partial charge in [0.25, 0.3) is 0 Å². The Balaban J connectivity index is 1.89. The Bertz CT molecular complexity index is 706. The Labute approximate surface area is 137 Å². The molecule has 0 bridgehead atoms. The van der Waals surface area contributed by atoms with E-state index >= 15 is 0 Å². The largest absolute Gasteiger partial charge is 0.444 e. The first-order valence-corrected chi connectivity index (χ1v) is 8.28. The van der Waals surface area contributed by atoms with Crippen LogP contribution in [0.1, 0.15) is 51.6 Å². The molecule has 0 aliphatic carbocycles. The van der Waals surface area contributed by atoms with Crippen LogP contribution < -0.4 is 0 Å². The van der Waals surface area contributed by atoms with Crippen LogP contribution in [0.2, 0.25) is 0 Å². The average Bonchev–Trinajstić information content (AvgIpc) is 2.53. The van der Waals surface area contributed by atoms with Gasteiger partial charge in [0.2, 0.25) is 0 Å². The van der Waals surface area contributed by atoms with Gasteiger partial charge in [0.15, 0.2) is 0 Å². The minimum Gasteiger partial charge on any atom is -0.444 e. The third-order valence-corrected chi connectivity index (χ3v) is 4.13. The number of amides is 1. The van der Waals surface area contributed by atoms with Crippen molar-refractivity contribution in [2.45, 2.75) is 51.7 Å². The summed E-state index contributed by atoms with van der Waals surface area (Å²) in [5.41, 5.74) is 1.60. The Morgan fingerprint density at radius 3 is 2.83 bits per heavy atom. The summed E-state index contributed by atoms with van der Waals surface area (Å²) in [5, 5.41) is 1.11. The Morgan fingerprint density at radius 1 is 1.26 bits per heavy atom. The zero-order valence-electron chi connectivity index (χ0n) is 14.1. The standard InChI is InChI=1S/C19H24N2O2/c1-19(2,3)23-18(22)21-11-7-6-10-17(21)15-12-14-8-4-5-9-16(14)20-13-15/h4-5,8-9,12-13,17H,6-7,10-11H2,1-3H3/t17-/m1/s1. The summed E-state index contributed by atoms with van der Waals surface area (Å²) in [6, 6.07) is 10.3. The lowest BCUT2D eigenvalue weighted by atomic mass is 9.96. The van der Waals surface area contributed by atoms with E-state index in [1.807, 2.05) is 50.1 Å². The molecular formula is C19H24N2O2. The molecule has 23 heavy (non-hydrogen) atoms. The van der Waals surface area contributed by atoms with Gasteiger partial charge >= 0.3 is 6.09 Å². The van der Waals surface area contributed by atoms with Gasteiger partial charge in [-0.05, 0) is 57.7 Å². The highest BCUT2D eigenvalue weighted by molar-refractivity contribution is 5.79. The van der Waals surface area contributed by atoms with E-state index in [1.165, 1.54) is 0 Å². The molecule has 1 aromatic carbocycles.